The molecule has 1 heterocycles. The topological polar surface area (TPSA) is 79.5 Å². The smallest absolute Gasteiger partial charge is 0.323 e. The van der Waals surface area contributed by atoms with Gasteiger partial charge in [-0.25, -0.2) is 9.79 Å². The zero-order valence-corrected chi connectivity index (χ0v) is 15.2. The van der Waals surface area contributed by atoms with Crippen LogP contribution in [-0.2, 0) is 6.42 Å². The van der Waals surface area contributed by atoms with E-state index in [4.69, 9.17) is 5.73 Å². The van der Waals surface area contributed by atoms with E-state index in [0.29, 0.717) is 12.3 Å². The lowest BCUT2D eigenvalue weighted by Gasteiger charge is -2.10. The number of amides is 2. The number of allylic oxidation sites excluding steroid dienone is 1. The van der Waals surface area contributed by atoms with Gasteiger partial charge in [-0.15, -0.1) is 0 Å². The van der Waals surface area contributed by atoms with Crippen LogP contribution in [0.25, 0.3) is 5.57 Å². The zero-order valence-electron chi connectivity index (χ0n) is 15.2. The van der Waals surface area contributed by atoms with Gasteiger partial charge in [-0.2, -0.15) is 0 Å². The van der Waals surface area contributed by atoms with E-state index in [1.54, 1.807) is 0 Å². The van der Waals surface area contributed by atoms with E-state index in [0.717, 1.165) is 41.1 Å². The third-order valence-electron chi connectivity index (χ3n) is 4.33. The van der Waals surface area contributed by atoms with Gasteiger partial charge in [-0.1, -0.05) is 37.6 Å². The van der Waals surface area contributed by atoms with Crippen LogP contribution in [0.4, 0.5) is 16.2 Å². The molecule has 2 amide bonds. The lowest BCUT2D eigenvalue weighted by Crippen LogP contribution is -2.19. The largest absolute Gasteiger partial charge is 0.387 e. The first-order valence-electron chi connectivity index (χ1n) is 8.85. The number of aliphatic imine (C=N–C) groups is 1. The summed E-state index contributed by atoms with van der Waals surface area (Å²) < 4.78 is 0. The molecule has 2 aromatic carbocycles. The quantitative estimate of drug-likeness (QED) is 0.727. The van der Waals surface area contributed by atoms with Gasteiger partial charge in [-0.3, -0.25) is 0 Å². The van der Waals surface area contributed by atoms with Crippen molar-refractivity contribution < 1.29 is 4.79 Å². The van der Waals surface area contributed by atoms with Crippen LogP contribution < -0.4 is 16.4 Å². The van der Waals surface area contributed by atoms with Gasteiger partial charge >= 0.3 is 6.03 Å². The van der Waals surface area contributed by atoms with Crippen LogP contribution in [0, 0.1) is 0 Å². The number of hydrogen-bond donors (Lipinski definition) is 3. The van der Waals surface area contributed by atoms with Crippen molar-refractivity contribution in [2.45, 2.75) is 33.1 Å². The van der Waals surface area contributed by atoms with Crippen molar-refractivity contribution >= 4 is 28.8 Å². The van der Waals surface area contributed by atoms with E-state index in [2.05, 4.69) is 22.5 Å². The maximum Gasteiger partial charge on any atom is 0.323 e. The minimum Gasteiger partial charge on any atom is -0.387 e. The second-order valence-electron chi connectivity index (χ2n) is 6.45. The summed E-state index contributed by atoms with van der Waals surface area (Å²) >= 11 is 0. The third-order valence-corrected chi connectivity index (χ3v) is 4.33. The molecule has 134 valence electrons. The van der Waals surface area contributed by atoms with Gasteiger partial charge in [-0.05, 0) is 54.3 Å². The van der Waals surface area contributed by atoms with Gasteiger partial charge in [0.05, 0.1) is 0 Å². The van der Waals surface area contributed by atoms with E-state index in [-0.39, 0.29) is 6.03 Å². The first kappa shape index (κ1) is 17.7. The molecule has 0 saturated heterocycles. The Hall–Kier alpha value is -3.08. The van der Waals surface area contributed by atoms with Gasteiger partial charge in [0.2, 0.25) is 0 Å². The maximum atomic E-state index is 12.3. The molecule has 5 heteroatoms. The van der Waals surface area contributed by atoms with E-state index in [9.17, 15) is 4.79 Å². The van der Waals surface area contributed by atoms with E-state index in [1.165, 1.54) is 5.56 Å². The van der Waals surface area contributed by atoms with Gasteiger partial charge in [0.15, 0.2) is 0 Å². The highest BCUT2D eigenvalue weighted by molar-refractivity contribution is 6.01. The summed E-state index contributed by atoms with van der Waals surface area (Å²) in [5, 5.41) is 5.74. The van der Waals surface area contributed by atoms with Crippen LogP contribution in [0.3, 0.4) is 0 Å². The summed E-state index contributed by atoms with van der Waals surface area (Å²) in [5.74, 6) is 0.625. The normalized spacial score (nSPS) is 13.5. The Morgan fingerprint density at radius 2 is 1.85 bits per heavy atom. The second-order valence-corrected chi connectivity index (χ2v) is 6.45. The number of hydrogen-bond acceptors (Lipinski definition) is 3. The van der Waals surface area contributed by atoms with Crippen molar-refractivity contribution in [3.05, 3.63) is 65.4 Å². The second kappa shape index (κ2) is 7.87. The standard InChI is InChI=1S/C21H24N4O/c1-3-5-15-8-10-17(11-9-15)24-21(26)25-18-7-4-6-16(12-18)19-13-20(22)23-14(19)2/h4,6-12H,3,5,13H2,1-2H3,(H2,22,23)(H2,24,25,26). The SMILES string of the molecule is CCCc1ccc(NC(=O)Nc2cccc(C3=C(C)N=C(N)C3)c2)cc1. The number of benzene rings is 2. The highest BCUT2D eigenvalue weighted by atomic mass is 16.2. The number of aryl methyl sites for hydroxylation is 1. The van der Waals surface area contributed by atoms with Crippen LogP contribution in [0.2, 0.25) is 0 Å². The predicted molar refractivity (Wildman–Crippen MR) is 108 cm³/mol. The molecule has 1 aliphatic heterocycles. The van der Waals surface area contributed by atoms with E-state index >= 15 is 0 Å². The van der Waals surface area contributed by atoms with Crippen LogP contribution in [-0.4, -0.2) is 11.9 Å². The molecule has 0 radical (unpaired) electrons. The van der Waals surface area contributed by atoms with Gasteiger partial charge in [0.1, 0.15) is 5.84 Å². The van der Waals surface area contributed by atoms with E-state index in [1.807, 2.05) is 55.5 Å². The highest BCUT2D eigenvalue weighted by Crippen LogP contribution is 2.29. The van der Waals surface area contributed by atoms with Crippen LogP contribution in [0.1, 0.15) is 37.8 Å². The molecule has 2 aromatic rings. The number of urea groups is 1. The molecule has 0 aliphatic carbocycles. The Labute approximate surface area is 154 Å². The Balaban J connectivity index is 1.65. The molecule has 5 nitrogen and oxygen atoms in total. The summed E-state index contributed by atoms with van der Waals surface area (Å²) in [5.41, 5.74) is 11.6. The molecule has 0 fully saturated rings. The molecule has 3 rings (SSSR count). The van der Waals surface area contributed by atoms with Crippen LogP contribution >= 0.6 is 0 Å². The van der Waals surface area contributed by atoms with Gasteiger partial charge < -0.3 is 16.4 Å². The van der Waals surface area contributed by atoms with Crippen molar-refractivity contribution in [3.8, 4) is 0 Å². The van der Waals surface area contributed by atoms with Crippen molar-refractivity contribution in [2.24, 2.45) is 10.7 Å². The Kier molecular flexibility index (Phi) is 5.37. The number of carbonyl (C=O) groups excluding carboxylic acids is 1. The third kappa shape index (κ3) is 4.30. The maximum absolute atomic E-state index is 12.3. The number of nitrogens with two attached hydrogens (primary N) is 1. The number of amidine groups is 1. The summed E-state index contributed by atoms with van der Waals surface area (Å²) in [6.45, 7) is 4.10. The molecular weight excluding hydrogens is 324 g/mol. The average Bonchev–Trinajstić information content (AvgIpc) is 2.95. The molecule has 4 N–H and O–H groups in total. The van der Waals surface area contributed by atoms with Crippen molar-refractivity contribution in [1.82, 2.24) is 0 Å². The van der Waals surface area contributed by atoms with Gasteiger partial charge in [0.25, 0.3) is 0 Å². The van der Waals surface area contributed by atoms with Crippen molar-refractivity contribution in [1.29, 1.82) is 0 Å². The Bertz CT molecular complexity index is 866. The molecule has 26 heavy (non-hydrogen) atoms. The summed E-state index contributed by atoms with van der Waals surface area (Å²) in [4.78, 5) is 16.6. The Morgan fingerprint density at radius 1 is 1.12 bits per heavy atom. The lowest BCUT2D eigenvalue weighted by atomic mass is 10.0. The fourth-order valence-electron chi connectivity index (χ4n) is 3.06. The molecule has 0 saturated carbocycles. The number of anilines is 2. The summed E-state index contributed by atoms with van der Waals surface area (Å²) in [7, 11) is 0. The summed E-state index contributed by atoms with van der Waals surface area (Å²) in [6.07, 6.45) is 2.80. The number of nitrogens with zero attached hydrogens (tertiary/aromatic N) is 1. The molecule has 0 atom stereocenters. The molecule has 1 aliphatic rings. The summed E-state index contributed by atoms with van der Waals surface area (Å²) in [6, 6.07) is 15.4. The van der Waals surface area contributed by atoms with E-state index < -0.39 is 0 Å². The minimum atomic E-state index is -0.265. The first-order valence-corrected chi connectivity index (χ1v) is 8.85. The van der Waals surface area contributed by atoms with Crippen molar-refractivity contribution in [3.63, 3.8) is 0 Å². The number of rotatable bonds is 5. The zero-order chi connectivity index (χ0) is 18.5. The molecule has 0 aromatic heterocycles. The Morgan fingerprint density at radius 3 is 2.50 bits per heavy atom. The monoisotopic (exact) mass is 348 g/mol. The predicted octanol–water partition coefficient (Wildman–Crippen LogP) is 4.78. The average molecular weight is 348 g/mol. The molecule has 0 spiro atoms. The minimum absolute atomic E-state index is 0.265. The van der Waals surface area contributed by atoms with Crippen molar-refractivity contribution in [2.75, 3.05) is 10.6 Å². The fourth-order valence-corrected chi connectivity index (χ4v) is 3.06. The highest BCUT2D eigenvalue weighted by Gasteiger charge is 2.15. The first-order chi connectivity index (χ1) is 12.5. The molecular formula is C21H24N4O. The fraction of sp³-hybridized carbons (Fsp3) is 0.238. The lowest BCUT2D eigenvalue weighted by molar-refractivity contribution is 0.262. The molecule has 0 bridgehead atoms. The van der Waals surface area contributed by atoms with Gasteiger partial charge in [0, 0.05) is 23.5 Å². The number of nitrogens with one attached hydrogen (secondary N) is 2. The van der Waals surface area contributed by atoms with Crippen LogP contribution in [0.5, 0.6) is 0 Å². The van der Waals surface area contributed by atoms with Crippen LogP contribution in [0.15, 0.2) is 59.2 Å². The molecule has 0 unspecified atom stereocenters. The number of carbonyl (C=O) groups is 1.